The Balaban J connectivity index is 1.30. The van der Waals surface area contributed by atoms with Crippen molar-refractivity contribution in [3.8, 4) is 11.3 Å². The number of rotatable bonds is 5. The van der Waals surface area contributed by atoms with Gasteiger partial charge in [-0.05, 0) is 12.8 Å². The molecule has 6 nitrogen and oxygen atoms in total. The fourth-order valence-corrected chi connectivity index (χ4v) is 3.97. The minimum Gasteiger partial charge on any atom is -0.373 e. The van der Waals surface area contributed by atoms with Gasteiger partial charge >= 0.3 is 0 Å². The lowest BCUT2D eigenvalue weighted by molar-refractivity contribution is -0.121. The molecule has 6 heteroatoms. The van der Waals surface area contributed by atoms with Crippen LogP contribution in [0.4, 0.5) is 0 Å². The topological polar surface area (TPSA) is 66.2 Å². The van der Waals surface area contributed by atoms with Crippen LogP contribution >= 0.6 is 0 Å². The predicted octanol–water partition coefficient (Wildman–Crippen LogP) is 2.27. The van der Waals surface area contributed by atoms with E-state index in [1.54, 1.807) is 0 Å². The van der Waals surface area contributed by atoms with Crippen LogP contribution in [0.5, 0.6) is 0 Å². The lowest BCUT2D eigenvalue weighted by atomic mass is 9.94. The summed E-state index contributed by atoms with van der Waals surface area (Å²) in [6, 6.07) is 10.0. The quantitative estimate of drug-likeness (QED) is 0.836. The first kappa shape index (κ1) is 15.2. The van der Waals surface area contributed by atoms with E-state index < -0.39 is 0 Å². The third-order valence-electron chi connectivity index (χ3n) is 5.55. The first-order chi connectivity index (χ1) is 12.3. The Morgan fingerprint density at radius 1 is 1.12 bits per heavy atom. The zero-order valence-electron chi connectivity index (χ0n) is 14.0. The molecule has 0 unspecified atom stereocenters. The average molecular weight is 339 g/mol. The van der Waals surface area contributed by atoms with Crippen molar-refractivity contribution in [2.24, 2.45) is 11.8 Å². The second kappa shape index (κ2) is 6.04. The molecule has 2 aromatic rings. The molecule has 0 amide bonds. The zero-order chi connectivity index (χ0) is 16.8. The lowest BCUT2D eigenvalue weighted by Crippen LogP contribution is -2.29. The van der Waals surface area contributed by atoms with Gasteiger partial charge in [0.25, 0.3) is 0 Å². The van der Waals surface area contributed by atoms with Gasteiger partial charge in [0.05, 0.1) is 25.5 Å². The summed E-state index contributed by atoms with van der Waals surface area (Å²) in [5.41, 5.74) is 1.90. The molecule has 0 radical (unpaired) electrons. The van der Waals surface area contributed by atoms with Crippen LogP contribution in [-0.2, 0) is 14.3 Å². The highest BCUT2D eigenvalue weighted by Crippen LogP contribution is 2.40. The Morgan fingerprint density at radius 2 is 1.92 bits per heavy atom. The van der Waals surface area contributed by atoms with E-state index >= 15 is 0 Å². The van der Waals surface area contributed by atoms with Crippen LogP contribution in [-0.4, -0.2) is 46.2 Å². The van der Waals surface area contributed by atoms with Crippen LogP contribution in [0.25, 0.3) is 11.3 Å². The van der Waals surface area contributed by atoms with Crippen LogP contribution in [0.15, 0.2) is 36.5 Å². The SMILES string of the molecule is O=C(C[C@H]1CO[C@H]2[C@@H]1OC[C@@H]2n1cc(-c2ccccc2)nn1)C1CC1. The number of hydrogen-bond donors (Lipinski definition) is 0. The van der Waals surface area contributed by atoms with Crippen molar-refractivity contribution in [3.05, 3.63) is 36.5 Å². The molecule has 2 aliphatic heterocycles. The molecule has 0 bridgehead atoms. The van der Waals surface area contributed by atoms with Crippen molar-refractivity contribution in [1.82, 2.24) is 15.0 Å². The Kier molecular flexibility index (Phi) is 3.68. The number of Topliss-reactive ketones (excluding diaryl/α,β-unsaturated/α-hetero) is 1. The molecule has 0 spiro atoms. The van der Waals surface area contributed by atoms with Crippen molar-refractivity contribution in [1.29, 1.82) is 0 Å². The highest BCUT2D eigenvalue weighted by molar-refractivity contribution is 5.83. The van der Waals surface area contributed by atoms with Crippen LogP contribution in [0, 0.1) is 11.8 Å². The van der Waals surface area contributed by atoms with Gasteiger partial charge in [-0.2, -0.15) is 0 Å². The lowest BCUT2D eigenvalue weighted by Gasteiger charge is -2.16. The van der Waals surface area contributed by atoms with Crippen LogP contribution < -0.4 is 0 Å². The Labute approximate surface area is 146 Å². The second-order valence-electron chi connectivity index (χ2n) is 7.32. The van der Waals surface area contributed by atoms with Crippen molar-refractivity contribution in [2.75, 3.05) is 13.2 Å². The largest absolute Gasteiger partial charge is 0.373 e. The summed E-state index contributed by atoms with van der Waals surface area (Å²) in [5.74, 6) is 0.869. The molecule has 3 fully saturated rings. The Bertz CT molecular complexity index is 771. The van der Waals surface area contributed by atoms with E-state index in [9.17, 15) is 4.79 Å². The molecule has 0 N–H and O–H groups in total. The van der Waals surface area contributed by atoms with Gasteiger partial charge in [-0.15, -0.1) is 5.10 Å². The fourth-order valence-electron chi connectivity index (χ4n) is 3.97. The molecule has 3 aliphatic rings. The molecule has 2 saturated heterocycles. The van der Waals surface area contributed by atoms with E-state index in [1.165, 1.54) is 0 Å². The van der Waals surface area contributed by atoms with Crippen molar-refractivity contribution in [3.63, 3.8) is 0 Å². The molecule has 1 aromatic heterocycles. The van der Waals surface area contributed by atoms with E-state index in [-0.39, 0.29) is 24.2 Å². The Morgan fingerprint density at radius 3 is 2.72 bits per heavy atom. The molecule has 3 heterocycles. The molecule has 130 valence electrons. The number of ketones is 1. The van der Waals surface area contributed by atoms with Gasteiger partial charge in [-0.25, -0.2) is 4.68 Å². The monoisotopic (exact) mass is 339 g/mol. The summed E-state index contributed by atoms with van der Waals surface area (Å²) >= 11 is 0. The summed E-state index contributed by atoms with van der Waals surface area (Å²) in [4.78, 5) is 12.1. The number of fused-ring (bicyclic) bond motifs is 1. The average Bonchev–Trinajstić information content (AvgIpc) is 3.05. The normalized spacial score (nSPS) is 31.2. The van der Waals surface area contributed by atoms with Crippen molar-refractivity contribution >= 4 is 5.78 Å². The molecule has 25 heavy (non-hydrogen) atoms. The molecular formula is C19H21N3O3. The highest BCUT2D eigenvalue weighted by Gasteiger charge is 2.49. The minimum atomic E-state index is -0.0395. The third-order valence-corrected chi connectivity index (χ3v) is 5.55. The predicted molar refractivity (Wildman–Crippen MR) is 89.8 cm³/mol. The van der Waals surface area contributed by atoms with Gasteiger partial charge in [0.1, 0.15) is 23.6 Å². The summed E-state index contributed by atoms with van der Waals surface area (Å²) in [7, 11) is 0. The number of ether oxygens (including phenoxy) is 2. The Hall–Kier alpha value is -2.05. The third kappa shape index (κ3) is 2.79. The summed E-state index contributed by atoms with van der Waals surface area (Å²) in [6.07, 6.45) is 4.62. The maximum atomic E-state index is 12.1. The number of benzene rings is 1. The number of hydrogen-bond acceptors (Lipinski definition) is 5. The number of aromatic nitrogens is 3. The van der Waals surface area contributed by atoms with Crippen LogP contribution in [0.3, 0.4) is 0 Å². The molecule has 5 rings (SSSR count). The smallest absolute Gasteiger partial charge is 0.136 e. The molecule has 1 saturated carbocycles. The fraction of sp³-hybridized carbons (Fsp3) is 0.526. The maximum absolute atomic E-state index is 12.1. The van der Waals surface area contributed by atoms with Crippen LogP contribution in [0.1, 0.15) is 25.3 Å². The first-order valence-corrected chi connectivity index (χ1v) is 9.03. The highest BCUT2D eigenvalue weighted by atomic mass is 16.6. The van der Waals surface area contributed by atoms with Gasteiger partial charge in [0.2, 0.25) is 0 Å². The van der Waals surface area contributed by atoms with E-state index in [4.69, 9.17) is 9.47 Å². The van der Waals surface area contributed by atoms with Crippen molar-refractivity contribution < 1.29 is 14.3 Å². The van der Waals surface area contributed by atoms with E-state index in [0.29, 0.717) is 31.3 Å². The van der Waals surface area contributed by atoms with Gasteiger partial charge in [-0.1, -0.05) is 35.5 Å². The summed E-state index contributed by atoms with van der Waals surface area (Å²) in [5, 5.41) is 8.59. The summed E-state index contributed by atoms with van der Waals surface area (Å²) < 4.78 is 13.9. The van der Waals surface area contributed by atoms with Crippen molar-refractivity contribution in [2.45, 2.75) is 37.5 Å². The molecular weight excluding hydrogens is 318 g/mol. The van der Waals surface area contributed by atoms with Gasteiger partial charge in [-0.3, -0.25) is 4.79 Å². The van der Waals surface area contributed by atoms with E-state index in [0.717, 1.165) is 24.1 Å². The molecule has 4 atom stereocenters. The number of carbonyl (C=O) groups is 1. The van der Waals surface area contributed by atoms with E-state index in [1.807, 2.05) is 41.2 Å². The van der Waals surface area contributed by atoms with Gasteiger partial charge in [0, 0.05) is 23.8 Å². The number of carbonyl (C=O) groups excluding carboxylic acids is 1. The maximum Gasteiger partial charge on any atom is 0.136 e. The van der Waals surface area contributed by atoms with E-state index in [2.05, 4.69) is 10.3 Å². The van der Waals surface area contributed by atoms with Crippen LogP contribution in [0.2, 0.25) is 0 Å². The molecule has 1 aliphatic carbocycles. The second-order valence-corrected chi connectivity index (χ2v) is 7.32. The number of nitrogens with zero attached hydrogens (tertiary/aromatic N) is 3. The van der Waals surface area contributed by atoms with Gasteiger partial charge in [0.15, 0.2) is 0 Å². The minimum absolute atomic E-state index is 0.00271. The zero-order valence-corrected chi connectivity index (χ0v) is 14.0. The summed E-state index contributed by atoms with van der Waals surface area (Å²) in [6.45, 7) is 1.16. The standard InChI is InChI=1S/C19H21N3O3/c23-17(13-6-7-13)8-14-10-24-19-16(11-25-18(14)19)22-9-15(20-21-22)12-4-2-1-3-5-12/h1-5,9,13-14,16,18-19H,6-8,10-11H2/t14-,16-,18+,19+/m0/s1. The first-order valence-electron chi connectivity index (χ1n) is 9.03. The molecule has 1 aromatic carbocycles. The van der Waals surface area contributed by atoms with Gasteiger partial charge < -0.3 is 9.47 Å².